The summed E-state index contributed by atoms with van der Waals surface area (Å²) >= 11 is 0. The largest absolute Gasteiger partial charge is 0.493 e. The summed E-state index contributed by atoms with van der Waals surface area (Å²) in [6.07, 6.45) is 0. The number of carbonyl (C=O) groups excluding carboxylic acids is 3. The zero-order valence-corrected chi connectivity index (χ0v) is 15.1. The van der Waals surface area contributed by atoms with Crippen LogP contribution < -0.4 is 15.4 Å². The van der Waals surface area contributed by atoms with Crippen LogP contribution in [0.4, 0.5) is 4.79 Å². The smallest absolute Gasteiger partial charge is 0.338 e. The van der Waals surface area contributed by atoms with Crippen molar-refractivity contribution in [3.05, 3.63) is 29.8 Å². The van der Waals surface area contributed by atoms with Gasteiger partial charge in [-0.1, -0.05) is 33.8 Å². The van der Waals surface area contributed by atoms with Gasteiger partial charge in [0.2, 0.25) is 0 Å². The van der Waals surface area contributed by atoms with Crippen molar-refractivity contribution >= 4 is 17.9 Å². The summed E-state index contributed by atoms with van der Waals surface area (Å²) in [5.74, 6) is -0.166. The number of nitrogens with one attached hydrogen (secondary N) is 2. The number of rotatable bonds is 8. The second-order valence-electron chi connectivity index (χ2n) is 6.46. The predicted molar refractivity (Wildman–Crippen MR) is 93.4 cm³/mol. The molecule has 0 bridgehead atoms. The lowest BCUT2D eigenvalue weighted by atomic mass is 10.2. The minimum Gasteiger partial charge on any atom is -0.493 e. The van der Waals surface area contributed by atoms with Gasteiger partial charge in [-0.15, -0.1) is 0 Å². The molecule has 0 atom stereocenters. The number of amides is 3. The van der Waals surface area contributed by atoms with Gasteiger partial charge in [0.05, 0.1) is 12.2 Å². The maximum Gasteiger partial charge on any atom is 0.338 e. The van der Waals surface area contributed by atoms with Crippen LogP contribution >= 0.6 is 0 Å². The molecular formula is C18H26N2O5. The van der Waals surface area contributed by atoms with Gasteiger partial charge in [-0.05, 0) is 30.0 Å². The number of hydrogen-bond acceptors (Lipinski definition) is 5. The topological polar surface area (TPSA) is 93.7 Å². The van der Waals surface area contributed by atoms with E-state index < -0.39 is 24.5 Å². The number of urea groups is 1. The van der Waals surface area contributed by atoms with Gasteiger partial charge in [0.25, 0.3) is 5.91 Å². The van der Waals surface area contributed by atoms with E-state index in [2.05, 4.69) is 10.6 Å². The van der Waals surface area contributed by atoms with Gasteiger partial charge in [-0.25, -0.2) is 9.59 Å². The molecule has 0 saturated heterocycles. The van der Waals surface area contributed by atoms with Gasteiger partial charge in [0.15, 0.2) is 6.61 Å². The van der Waals surface area contributed by atoms with Crippen LogP contribution in [0.5, 0.6) is 5.75 Å². The lowest BCUT2D eigenvalue weighted by Crippen LogP contribution is -2.42. The minimum atomic E-state index is -0.693. The highest BCUT2D eigenvalue weighted by atomic mass is 16.5. The van der Waals surface area contributed by atoms with E-state index in [1.54, 1.807) is 24.3 Å². The van der Waals surface area contributed by atoms with Crippen LogP contribution in [0.15, 0.2) is 24.3 Å². The third kappa shape index (κ3) is 8.74. The minimum absolute atomic E-state index is 0.267. The standard InChI is InChI=1S/C18H26N2O5/c1-12(2)9-19-18(23)20-16(21)11-25-17(22)14-6-5-7-15(8-14)24-10-13(3)4/h5-8,12-13H,9-11H2,1-4H3,(H2,19,20,21,23). The predicted octanol–water partition coefficient (Wildman–Crippen LogP) is 2.36. The van der Waals surface area contributed by atoms with Crippen LogP contribution in [0, 0.1) is 11.8 Å². The van der Waals surface area contributed by atoms with Gasteiger partial charge in [0, 0.05) is 6.54 Å². The highest BCUT2D eigenvalue weighted by Gasteiger charge is 2.13. The van der Waals surface area contributed by atoms with E-state index in [4.69, 9.17) is 9.47 Å². The molecule has 1 rings (SSSR count). The Kier molecular flexibility index (Phi) is 8.46. The molecule has 7 nitrogen and oxygen atoms in total. The third-order valence-corrected chi connectivity index (χ3v) is 2.91. The quantitative estimate of drug-likeness (QED) is 0.702. The molecule has 0 aliphatic carbocycles. The Bertz CT molecular complexity index is 599. The number of imide groups is 1. The molecule has 0 aliphatic heterocycles. The van der Waals surface area contributed by atoms with Crippen LogP contribution in [0.3, 0.4) is 0 Å². The number of esters is 1. The third-order valence-electron chi connectivity index (χ3n) is 2.91. The summed E-state index contributed by atoms with van der Waals surface area (Å²) in [5, 5.41) is 4.63. The van der Waals surface area contributed by atoms with Crippen molar-refractivity contribution in [2.45, 2.75) is 27.7 Å². The first-order valence-electron chi connectivity index (χ1n) is 8.25. The van der Waals surface area contributed by atoms with Gasteiger partial charge in [-0.2, -0.15) is 0 Å². The van der Waals surface area contributed by atoms with Gasteiger partial charge in [0.1, 0.15) is 5.75 Å². The van der Waals surface area contributed by atoms with Crippen molar-refractivity contribution < 1.29 is 23.9 Å². The van der Waals surface area contributed by atoms with E-state index in [9.17, 15) is 14.4 Å². The summed E-state index contributed by atoms with van der Waals surface area (Å²) in [6.45, 7) is 8.35. The molecule has 0 unspecified atom stereocenters. The van der Waals surface area contributed by atoms with Crippen molar-refractivity contribution in [1.29, 1.82) is 0 Å². The van der Waals surface area contributed by atoms with Crippen molar-refractivity contribution in [1.82, 2.24) is 10.6 Å². The summed E-state index contributed by atoms with van der Waals surface area (Å²) < 4.78 is 10.5. The van der Waals surface area contributed by atoms with Gasteiger partial charge in [-0.3, -0.25) is 10.1 Å². The number of ether oxygens (including phenoxy) is 2. The maximum absolute atomic E-state index is 12.0. The maximum atomic E-state index is 12.0. The second-order valence-corrected chi connectivity index (χ2v) is 6.46. The molecule has 3 amide bonds. The SMILES string of the molecule is CC(C)CNC(=O)NC(=O)COC(=O)c1cccc(OCC(C)C)c1. The summed E-state index contributed by atoms with van der Waals surface area (Å²) in [7, 11) is 0. The van der Waals surface area contributed by atoms with E-state index in [1.807, 2.05) is 27.7 Å². The Morgan fingerprint density at radius 2 is 1.80 bits per heavy atom. The molecule has 7 heteroatoms. The van der Waals surface area contributed by atoms with Crippen LogP contribution in [0.25, 0.3) is 0 Å². The molecule has 2 N–H and O–H groups in total. The molecule has 0 saturated carbocycles. The summed E-state index contributed by atoms with van der Waals surface area (Å²) in [5.41, 5.74) is 0.276. The van der Waals surface area contributed by atoms with Crippen molar-refractivity contribution in [2.75, 3.05) is 19.8 Å². The molecule has 0 aliphatic rings. The summed E-state index contributed by atoms with van der Waals surface area (Å²) in [4.78, 5) is 35.0. The second kappa shape index (κ2) is 10.3. The molecule has 1 aromatic rings. The number of carbonyl (C=O) groups is 3. The average Bonchev–Trinajstić information content (AvgIpc) is 2.56. The first-order chi connectivity index (χ1) is 11.8. The first-order valence-corrected chi connectivity index (χ1v) is 8.25. The van der Waals surface area contributed by atoms with Crippen molar-refractivity contribution in [3.8, 4) is 5.75 Å². The zero-order valence-electron chi connectivity index (χ0n) is 15.1. The van der Waals surface area contributed by atoms with E-state index in [0.717, 1.165) is 0 Å². The Labute approximate surface area is 148 Å². The molecular weight excluding hydrogens is 324 g/mol. The molecule has 0 heterocycles. The molecule has 25 heavy (non-hydrogen) atoms. The molecule has 0 aromatic heterocycles. The monoisotopic (exact) mass is 350 g/mol. The summed E-state index contributed by atoms with van der Waals surface area (Å²) in [6, 6.07) is 5.92. The highest BCUT2D eigenvalue weighted by Crippen LogP contribution is 2.15. The van der Waals surface area contributed by atoms with E-state index in [0.29, 0.717) is 24.8 Å². The fourth-order valence-electron chi connectivity index (χ4n) is 1.69. The first kappa shape index (κ1) is 20.5. The average molecular weight is 350 g/mol. The van der Waals surface area contributed by atoms with E-state index in [-0.39, 0.29) is 11.5 Å². The number of benzene rings is 1. The molecule has 0 radical (unpaired) electrons. The lowest BCUT2D eigenvalue weighted by Gasteiger charge is -2.10. The Hall–Kier alpha value is -2.57. The lowest BCUT2D eigenvalue weighted by molar-refractivity contribution is -0.123. The number of hydrogen-bond donors (Lipinski definition) is 2. The Morgan fingerprint density at radius 1 is 1.08 bits per heavy atom. The van der Waals surface area contributed by atoms with Crippen molar-refractivity contribution in [2.24, 2.45) is 11.8 Å². The van der Waals surface area contributed by atoms with E-state index in [1.165, 1.54) is 0 Å². The van der Waals surface area contributed by atoms with Gasteiger partial charge < -0.3 is 14.8 Å². The van der Waals surface area contributed by atoms with Gasteiger partial charge >= 0.3 is 12.0 Å². The van der Waals surface area contributed by atoms with E-state index >= 15 is 0 Å². The molecule has 138 valence electrons. The van der Waals surface area contributed by atoms with Crippen molar-refractivity contribution in [3.63, 3.8) is 0 Å². The Balaban J connectivity index is 2.44. The van der Waals surface area contributed by atoms with Crippen LogP contribution in [0.2, 0.25) is 0 Å². The van der Waals surface area contributed by atoms with Crippen LogP contribution in [-0.2, 0) is 9.53 Å². The fourth-order valence-corrected chi connectivity index (χ4v) is 1.69. The molecule has 1 aromatic carbocycles. The zero-order chi connectivity index (χ0) is 18.8. The highest BCUT2D eigenvalue weighted by molar-refractivity contribution is 5.97. The fraction of sp³-hybridized carbons (Fsp3) is 0.500. The van der Waals surface area contributed by atoms with Crippen LogP contribution in [0.1, 0.15) is 38.1 Å². The normalized spacial score (nSPS) is 10.5. The molecule has 0 spiro atoms. The molecule has 0 fully saturated rings. The van der Waals surface area contributed by atoms with Crippen LogP contribution in [-0.4, -0.2) is 37.7 Å². The Morgan fingerprint density at radius 3 is 2.44 bits per heavy atom.